The molecule has 50 heavy (non-hydrogen) atoms. The molecule has 0 aliphatic rings. The second-order valence-corrected chi connectivity index (χ2v) is 10.7. The number of carbonyl (C=O) groups is 4. The zero-order valence-electron chi connectivity index (χ0n) is 28.5. The van der Waals surface area contributed by atoms with Crippen LogP contribution in [0.2, 0.25) is 0 Å². The first-order valence-corrected chi connectivity index (χ1v) is 15.0. The van der Waals surface area contributed by atoms with E-state index in [1.807, 2.05) is 0 Å². The van der Waals surface area contributed by atoms with Gasteiger partial charge in [0.25, 0.3) is 0 Å². The van der Waals surface area contributed by atoms with Crippen LogP contribution in [0.5, 0.6) is 0 Å². The Kier molecular flexibility index (Phi) is 23.3. The molecule has 0 heterocycles. The molecule has 0 radical (unpaired) electrons. The number of nitrogens with zero attached hydrogens (tertiary/aromatic N) is 12. The summed E-state index contributed by atoms with van der Waals surface area (Å²) in [5.41, 5.74) is 31.6. The summed E-state index contributed by atoms with van der Waals surface area (Å²) in [6.45, 7) is 5.12. The summed E-state index contributed by atoms with van der Waals surface area (Å²) >= 11 is 0. The molecule has 0 aromatic heterocycles. The number of ether oxygens (including phenoxy) is 8. The Hall–Kier alpha value is -5.04. The molecule has 0 bridgehead atoms. The van der Waals surface area contributed by atoms with Gasteiger partial charge < -0.3 is 37.9 Å². The summed E-state index contributed by atoms with van der Waals surface area (Å²) in [4.78, 5) is 58.3. The Bertz CT molecular complexity index is 1180. The molecule has 0 aliphatic carbocycles. The second kappa shape index (κ2) is 25.9. The summed E-state index contributed by atoms with van der Waals surface area (Å²) in [6, 6.07) is -3.14. The van der Waals surface area contributed by atoms with Crippen molar-refractivity contribution in [2.45, 2.75) is 58.3 Å². The molecule has 24 nitrogen and oxygen atoms in total. The summed E-state index contributed by atoms with van der Waals surface area (Å²) in [5.74, 6) is -3.07. The van der Waals surface area contributed by atoms with Crippen LogP contribution in [-0.4, -0.2) is 127 Å². The summed E-state index contributed by atoms with van der Waals surface area (Å²) in [7, 11) is 0. The predicted molar refractivity (Wildman–Crippen MR) is 169 cm³/mol. The van der Waals surface area contributed by atoms with Crippen molar-refractivity contribution in [2.24, 2.45) is 25.9 Å². The van der Waals surface area contributed by atoms with Crippen LogP contribution in [0.15, 0.2) is 20.5 Å². The number of hydrogen-bond donors (Lipinski definition) is 0. The van der Waals surface area contributed by atoms with Gasteiger partial charge >= 0.3 is 23.9 Å². The van der Waals surface area contributed by atoms with Crippen LogP contribution in [0.4, 0.5) is 0 Å². The Morgan fingerprint density at radius 2 is 0.820 bits per heavy atom. The maximum Gasteiger partial charge on any atom is 0.317 e. The number of carbonyl (C=O) groups excluding carboxylic acids is 4. The van der Waals surface area contributed by atoms with Crippen LogP contribution >= 0.6 is 0 Å². The first kappa shape index (κ1) is 45.0. The molecule has 0 aromatic rings. The van der Waals surface area contributed by atoms with E-state index in [0.29, 0.717) is 0 Å². The van der Waals surface area contributed by atoms with E-state index in [1.165, 1.54) is 34.6 Å². The lowest BCUT2D eigenvalue weighted by Gasteiger charge is -2.33. The molecule has 0 fully saturated rings. The molecule has 24 heteroatoms. The van der Waals surface area contributed by atoms with Crippen molar-refractivity contribution in [3.63, 3.8) is 0 Å². The Balaban J connectivity index is 5.64. The average Bonchev–Trinajstić information content (AvgIpc) is 3.07. The van der Waals surface area contributed by atoms with Gasteiger partial charge in [-0.05, 0) is 56.7 Å². The summed E-state index contributed by atoms with van der Waals surface area (Å²) in [5, 5.41) is 13.2. The van der Waals surface area contributed by atoms with Gasteiger partial charge in [0.05, 0.1) is 58.3 Å². The average molecular weight is 715 g/mol. The molecule has 0 spiro atoms. The predicted octanol–water partition coefficient (Wildman–Crippen LogP) is 3.40. The summed E-state index contributed by atoms with van der Waals surface area (Å²) < 4.78 is 43.3. The van der Waals surface area contributed by atoms with Gasteiger partial charge in [0.15, 0.2) is 0 Å². The Morgan fingerprint density at radius 1 is 0.520 bits per heavy atom. The topological polar surface area (TPSA) is 337 Å². The smallest absolute Gasteiger partial charge is 0.317 e. The van der Waals surface area contributed by atoms with Gasteiger partial charge in [0, 0.05) is 19.6 Å². The number of azide groups is 4. The minimum atomic E-state index is -1.44. The van der Waals surface area contributed by atoms with Crippen LogP contribution in [0, 0.1) is 5.41 Å². The van der Waals surface area contributed by atoms with E-state index in [9.17, 15) is 19.2 Å². The second-order valence-electron chi connectivity index (χ2n) is 10.7. The normalized spacial score (nSPS) is 13.6. The maximum absolute atomic E-state index is 12.2. The van der Waals surface area contributed by atoms with Crippen molar-refractivity contribution in [1.29, 1.82) is 0 Å². The number of rotatable bonds is 28. The van der Waals surface area contributed by atoms with E-state index in [0.717, 1.165) is 0 Å². The zero-order valence-corrected chi connectivity index (χ0v) is 28.5. The highest BCUT2D eigenvalue weighted by molar-refractivity contribution is 5.80. The molecular weight excluding hydrogens is 672 g/mol. The van der Waals surface area contributed by atoms with E-state index < -0.39 is 53.0 Å². The first-order chi connectivity index (χ1) is 23.8. The lowest BCUT2D eigenvalue weighted by molar-refractivity contribution is -0.154. The monoisotopic (exact) mass is 714 g/mol. The molecule has 0 saturated heterocycles. The minimum Gasteiger partial charge on any atom is -0.463 e. The minimum absolute atomic E-state index is 0.105. The van der Waals surface area contributed by atoms with Crippen LogP contribution < -0.4 is 0 Å². The van der Waals surface area contributed by atoms with E-state index in [4.69, 9.17) is 60.0 Å². The van der Waals surface area contributed by atoms with Crippen LogP contribution in [0.3, 0.4) is 0 Å². The largest absolute Gasteiger partial charge is 0.463 e. The van der Waals surface area contributed by atoms with Gasteiger partial charge in [-0.1, -0.05) is 20.5 Å². The van der Waals surface area contributed by atoms with Crippen molar-refractivity contribution >= 4 is 23.9 Å². The molecular formula is C26H42N12O12. The molecule has 0 rings (SSSR count). The molecule has 278 valence electrons. The van der Waals surface area contributed by atoms with Crippen LogP contribution in [0.1, 0.15) is 34.6 Å². The zero-order chi connectivity index (χ0) is 37.8. The standard InChI is InChI=1S/C26H42N12O12/c1-18(31-35-27)21(39)47-10-6-43-14-26(15-44-7-11-48-22(40)19(2)32-36-28,16-45-8-12-49-23(41)20(3)33-37-29)17-46-9-13-50-24(42)25(4,5)34-38-30/h18-20H,6-17H2,1-5H3. The van der Waals surface area contributed by atoms with Crippen molar-refractivity contribution in [2.75, 3.05) is 79.3 Å². The lowest BCUT2D eigenvalue weighted by Crippen LogP contribution is -2.43. The van der Waals surface area contributed by atoms with Crippen LogP contribution in [-0.2, 0) is 57.1 Å². The lowest BCUT2D eigenvalue weighted by atomic mass is 9.92. The third-order valence-electron chi connectivity index (χ3n) is 6.00. The molecule has 0 saturated carbocycles. The molecule has 0 N–H and O–H groups in total. The maximum atomic E-state index is 12.2. The molecule has 0 aromatic carbocycles. The van der Waals surface area contributed by atoms with Crippen molar-refractivity contribution in [3.8, 4) is 0 Å². The molecule has 3 unspecified atom stereocenters. The molecule has 3 atom stereocenters. The highest BCUT2D eigenvalue weighted by Crippen LogP contribution is 2.21. The third-order valence-corrected chi connectivity index (χ3v) is 6.00. The SMILES string of the molecule is CC(N=[N+]=[N-])C(=O)OCCOCC(COCCOC(=O)C(C)N=[N+]=[N-])(COCCOC(=O)C(C)N=[N+]=[N-])COCCOC(=O)C(C)(C)N=[N+]=[N-]. The van der Waals surface area contributed by atoms with Gasteiger partial charge in [0.2, 0.25) is 0 Å². The highest BCUT2D eigenvalue weighted by Gasteiger charge is 2.33. The quantitative estimate of drug-likeness (QED) is 0.0281. The van der Waals surface area contributed by atoms with Gasteiger partial charge in [-0.15, -0.1) is 0 Å². The number of esters is 4. The van der Waals surface area contributed by atoms with Crippen molar-refractivity contribution in [1.82, 2.24) is 0 Å². The van der Waals surface area contributed by atoms with Gasteiger partial charge in [-0.2, -0.15) is 0 Å². The Morgan fingerprint density at radius 3 is 1.10 bits per heavy atom. The third kappa shape index (κ3) is 19.7. The fraction of sp³-hybridized carbons (Fsp3) is 0.846. The van der Waals surface area contributed by atoms with Gasteiger partial charge in [-0.25, -0.2) is 0 Å². The first-order valence-electron chi connectivity index (χ1n) is 15.0. The van der Waals surface area contributed by atoms with Gasteiger partial charge in [-0.3, -0.25) is 19.2 Å². The number of hydrogen-bond acceptors (Lipinski definition) is 16. The highest BCUT2D eigenvalue weighted by atomic mass is 16.6. The van der Waals surface area contributed by atoms with E-state index in [-0.39, 0.29) is 79.3 Å². The van der Waals surface area contributed by atoms with E-state index in [2.05, 4.69) is 40.1 Å². The van der Waals surface area contributed by atoms with Crippen molar-refractivity contribution in [3.05, 3.63) is 41.8 Å². The molecule has 0 amide bonds. The fourth-order valence-electron chi connectivity index (χ4n) is 3.27. The fourth-order valence-corrected chi connectivity index (χ4v) is 3.27. The summed E-state index contributed by atoms with van der Waals surface area (Å²) in [6.07, 6.45) is 0. The van der Waals surface area contributed by atoms with Crippen LogP contribution in [0.25, 0.3) is 41.8 Å². The van der Waals surface area contributed by atoms with E-state index >= 15 is 0 Å². The van der Waals surface area contributed by atoms with Gasteiger partial charge in [0.1, 0.15) is 50.1 Å². The van der Waals surface area contributed by atoms with E-state index in [1.54, 1.807) is 0 Å². The molecule has 0 aliphatic heterocycles. The van der Waals surface area contributed by atoms with Crippen molar-refractivity contribution < 1.29 is 57.1 Å². The Labute approximate surface area is 286 Å².